The molecule has 18 heavy (non-hydrogen) atoms. The Hall–Kier alpha value is -1.17. The summed E-state index contributed by atoms with van der Waals surface area (Å²) in [5.74, 6) is 0. The van der Waals surface area contributed by atoms with Crippen molar-refractivity contribution in [1.29, 1.82) is 0 Å². The van der Waals surface area contributed by atoms with E-state index in [9.17, 15) is 0 Å². The minimum absolute atomic E-state index is 0.153. The van der Waals surface area contributed by atoms with E-state index >= 15 is 0 Å². The highest BCUT2D eigenvalue weighted by Crippen LogP contribution is 2.15. The van der Waals surface area contributed by atoms with Gasteiger partial charge in [-0.2, -0.15) is 5.10 Å². The Labute approximate surface area is 115 Å². The fourth-order valence-electron chi connectivity index (χ4n) is 1.70. The molecule has 96 valence electrons. The zero-order valence-corrected chi connectivity index (χ0v) is 11.8. The van der Waals surface area contributed by atoms with E-state index in [0.29, 0.717) is 6.54 Å². The van der Waals surface area contributed by atoms with Crippen LogP contribution in [-0.2, 0) is 6.54 Å². The molecule has 5 heteroatoms. The molecule has 0 aliphatic heterocycles. The number of benzene rings is 1. The van der Waals surface area contributed by atoms with Gasteiger partial charge in [0.15, 0.2) is 0 Å². The van der Waals surface area contributed by atoms with Gasteiger partial charge in [0.05, 0.1) is 18.0 Å². The van der Waals surface area contributed by atoms with Crippen LogP contribution >= 0.6 is 15.9 Å². The Morgan fingerprint density at radius 2 is 2.06 bits per heavy atom. The highest BCUT2D eigenvalue weighted by atomic mass is 79.9. The van der Waals surface area contributed by atoms with Gasteiger partial charge >= 0.3 is 0 Å². The van der Waals surface area contributed by atoms with Gasteiger partial charge in [0.25, 0.3) is 0 Å². The van der Waals surface area contributed by atoms with Gasteiger partial charge in [0, 0.05) is 29.3 Å². The highest BCUT2D eigenvalue weighted by molar-refractivity contribution is 9.10. The van der Waals surface area contributed by atoms with Crippen LogP contribution in [0.3, 0.4) is 0 Å². The van der Waals surface area contributed by atoms with E-state index in [4.69, 9.17) is 5.11 Å². The quantitative estimate of drug-likeness (QED) is 0.831. The predicted octanol–water partition coefficient (Wildman–Crippen LogP) is 2.03. The van der Waals surface area contributed by atoms with Crippen LogP contribution in [0.1, 0.15) is 11.3 Å². The minimum Gasteiger partial charge on any atom is -0.395 e. The summed E-state index contributed by atoms with van der Waals surface area (Å²) >= 11 is 3.42. The van der Waals surface area contributed by atoms with Crippen molar-refractivity contribution in [3.05, 3.63) is 46.2 Å². The molecule has 0 bridgehead atoms. The van der Waals surface area contributed by atoms with Crippen LogP contribution in [0.4, 0.5) is 0 Å². The molecule has 0 aliphatic rings. The average molecular weight is 310 g/mol. The Kier molecular flexibility index (Phi) is 4.52. The molecule has 1 heterocycles. The number of nitrogens with zero attached hydrogens (tertiary/aromatic N) is 2. The zero-order valence-electron chi connectivity index (χ0n) is 10.2. The van der Waals surface area contributed by atoms with Gasteiger partial charge in [-0.05, 0) is 31.2 Å². The van der Waals surface area contributed by atoms with Gasteiger partial charge in [-0.1, -0.05) is 15.9 Å². The minimum atomic E-state index is 0.153. The third-order valence-electron chi connectivity index (χ3n) is 2.70. The van der Waals surface area contributed by atoms with E-state index in [2.05, 4.69) is 26.3 Å². The molecule has 2 aromatic rings. The van der Waals surface area contributed by atoms with Crippen LogP contribution in [0.2, 0.25) is 0 Å². The largest absolute Gasteiger partial charge is 0.395 e. The van der Waals surface area contributed by atoms with Crippen LogP contribution in [0.5, 0.6) is 0 Å². The first-order chi connectivity index (χ1) is 8.70. The highest BCUT2D eigenvalue weighted by Gasteiger charge is 2.05. The van der Waals surface area contributed by atoms with Crippen LogP contribution in [-0.4, -0.2) is 28.0 Å². The molecule has 0 fully saturated rings. The molecule has 4 nitrogen and oxygen atoms in total. The topological polar surface area (TPSA) is 50.1 Å². The van der Waals surface area contributed by atoms with Crippen LogP contribution in [0, 0.1) is 6.92 Å². The lowest BCUT2D eigenvalue weighted by molar-refractivity contribution is 0.292. The second-order valence-electron chi connectivity index (χ2n) is 4.06. The van der Waals surface area contributed by atoms with E-state index < -0.39 is 0 Å². The lowest BCUT2D eigenvalue weighted by atomic mass is 10.2. The molecule has 0 spiro atoms. The van der Waals surface area contributed by atoms with Crippen molar-refractivity contribution in [2.45, 2.75) is 13.5 Å². The molecule has 0 radical (unpaired) electrons. The van der Waals surface area contributed by atoms with Crippen LogP contribution in [0.25, 0.3) is 5.69 Å². The Balaban J connectivity index is 2.15. The van der Waals surface area contributed by atoms with Crippen molar-refractivity contribution in [1.82, 2.24) is 15.1 Å². The van der Waals surface area contributed by atoms with E-state index in [1.165, 1.54) is 0 Å². The van der Waals surface area contributed by atoms with Gasteiger partial charge in [-0.25, -0.2) is 4.68 Å². The number of hydrogen-bond donors (Lipinski definition) is 2. The van der Waals surface area contributed by atoms with Gasteiger partial charge in [0.2, 0.25) is 0 Å². The van der Waals surface area contributed by atoms with Gasteiger partial charge in [-0.15, -0.1) is 0 Å². The summed E-state index contributed by atoms with van der Waals surface area (Å²) in [5.41, 5.74) is 3.18. The van der Waals surface area contributed by atoms with E-state index in [1.54, 1.807) is 0 Å². The maximum Gasteiger partial charge on any atom is 0.0646 e. The number of hydrogen-bond acceptors (Lipinski definition) is 3. The summed E-state index contributed by atoms with van der Waals surface area (Å²) in [7, 11) is 0. The molecule has 1 aromatic carbocycles. The number of aryl methyl sites for hydroxylation is 1. The summed E-state index contributed by atoms with van der Waals surface area (Å²) < 4.78 is 2.93. The standard InChI is InChI=1S/C13H16BrN3O/c1-10-11(8-15-6-7-18)9-17(16-10)13-4-2-12(14)3-5-13/h2-5,9,15,18H,6-8H2,1H3. The van der Waals surface area contributed by atoms with Crippen molar-refractivity contribution in [3.63, 3.8) is 0 Å². The molecule has 0 unspecified atom stereocenters. The third-order valence-corrected chi connectivity index (χ3v) is 3.22. The fourth-order valence-corrected chi connectivity index (χ4v) is 1.96. The molecule has 0 atom stereocenters. The lowest BCUT2D eigenvalue weighted by Crippen LogP contribution is -2.17. The summed E-state index contributed by atoms with van der Waals surface area (Å²) in [6, 6.07) is 8.02. The first-order valence-electron chi connectivity index (χ1n) is 5.83. The molecule has 0 aliphatic carbocycles. The smallest absolute Gasteiger partial charge is 0.0646 e. The molecule has 0 amide bonds. The molecule has 2 rings (SSSR count). The van der Waals surface area contributed by atoms with E-state index in [-0.39, 0.29) is 6.61 Å². The van der Waals surface area contributed by atoms with E-state index in [1.807, 2.05) is 42.1 Å². The molecule has 0 saturated heterocycles. The first-order valence-corrected chi connectivity index (χ1v) is 6.62. The molecule has 0 saturated carbocycles. The lowest BCUT2D eigenvalue weighted by Gasteiger charge is -2.01. The van der Waals surface area contributed by atoms with Gasteiger partial charge in [0.1, 0.15) is 0 Å². The number of rotatable bonds is 5. The maximum atomic E-state index is 8.74. The van der Waals surface area contributed by atoms with Crippen LogP contribution in [0.15, 0.2) is 34.9 Å². The zero-order chi connectivity index (χ0) is 13.0. The summed E-state index contributed by atoms with van der Waals surface area (Å²) in [5, 5.41) is 16.4. The van der Waals surface area contributed by atoms with Crippen molar-refractivity contribution < 1.29 is 5.11 Å². The van der Waals surface area contributed by atoms with Gasteiger partial charge < -0.3 is 10.4 Å². The van der Waals surface area contributed by atoms with Crippen molar-refractivity contribution >= 4 is 15.9 Å². The summed E-state index contributed by atoms with van der Waals surface area (Å²) in [6.45, 7) is 3.47. The normalized spacial score (nSPS) is 10.8. The Bertz CT molecular complexity index is 507. The summed E-state index contributed by atoms with van der Waals surface area (Å²) in [6.07, 6.45) is 2.02. The predicted molar refractivity (Wildman–Crippen MR) is 74.8 cm³/mol. The second kappa shape index (κ2) is 6.13. The number of aliphatic hydroxyl groups is 1. The maximum absolute atomic E-state index is 8.74. The van der Waals surface area contributed by atoms with Gasteiger partial charge in [-0.3, -0.25) is 0 Å². The van der Waals surface area contributed by atoms with Crippen LogP contribution < -0.4 is 5.32 Å². The number of halogens is 1. The third kappa shape index (κ3) is 3.19. The number of aliphatic hydroxyl groups excluding tert-OH is 1. The SMILES string of the molecule is Cc1nn(-c2ccc(Br)cc2)cc1CNCCO. The fraction of sp³-hybridized carbons (Fsp3) is 0.308. The Morgan fingerprint density at radius 3 is 2.72 bits per heavy atom. The molecule has 2 N–H and O–H groups in total. The Morgan fingerprint density at radius 1 is 1.33 bits per heavy atom. The monoisotopic (exact) mass is 309 g/mol. The first kappa shape index (κ1) is 13.3. The summed E-state index contributed by atoms with van der Waals surface area (Å²) in [4.78, 5) is 0. The average Bonchev–Trinajstić information content (AvgIpc) is 2.72. The van der Waals surface area contributed by atoms with Crippen molar-refractivity contribution in [2.24, 2.45) is 0 Å². The molecular weight excluding hydrogens is 294 g/mol. The molecule has 1 aromatic heterocycles. The van der Waals surface area contributed by atoms with Crippen molar-refractivity contribution in [3.8, 4) is 5.69 Å². The number of aromatic nitrogens is 2. The second-order valence-corrected chi connectivity index (χ2v) is 4.98. The number of nitrogens with one attached hydrogen (secondary N) is 1. The van der Waals surface area contributed by atoms with Crippen molar-refractivity contribution in [2.75, 3.05) is 13.2 Å². The van der Waals surface area contributed by atoms with E-state index in [0.717, 1.165) is 28.0 Å². The molecular formula is C13H16BrN3O.